The number of nitro groups is 1. The summed E-state index contributed by atoms with van der Waals surface area (Å²) in [6.07, 6.45) is 1.33. The summed E-state index contributed by atoms with van der Waals surface area (Å²) in [5.41, 5.74) is 2.36. The second kappa shape index (κ2) is 5.85. The number of nitrogens with one attached hydrogen (secondary N) is 1. The molecule has 1 aromatic heterocycles. The maximum Gasteiger partial charge on any atom is 0.301 e. The third-order valence-corrected chi connectivity index (χ3v) is 2.51. The van der Waals surface area contributed by atoms with E-state index in [1.54, 1.807) is 12.1 Å². The van der Waals surface area contributed by atoms with Crippen LogP contribution in [0.4, 0.5) is 5.69 Å². The zero-order chi connectivity index (χ0) is 14.5. The molecule has 1 amide bonds. The molecule has 0 saturated heterocycles. The van der Waals surface area contributed by atoms with Crippen LogP contribution >= 0.6 is 0 Å². The van der Waals surface area contributed by atoms with Crippen molar-refractivity contribution in [3.8, 4) is 5.75 Å². The molecule has 0 aliphatic heterocycles. The first-order chi connectivity index (χ1) is 9.61. The number of nitrogens with zero attached hydrogens (tertiary/aromatic N) is 1. The molecule has 8 nitrogen and oxygen atoms in total. The van der Waals surface area contributed by atoms with Crippen LogP contribution in [0.3, 0.4) is 0 Å². The van der Waals surface area contributed by atoms with E-state index in [-0.39, 0.29) is 18.1 Å². The molecule has 1 heterocycles. The maximum atomic E-state index is 11.4. The molecule has 20 heavy (non-hydrogen) atoms. The van der Waals surface area contributed by atoms with E-state index >= 15 is 0 Å². The highest BCUT2D eigenvalue weighted by Crippen LogP contribution is 2.21. The molecule has 104 valence electrons. The van der Waals surface area contributed by atoms with E-state index in [4.69, 9.17) is 15.0 Å². The summed E-state index contributed by atoms with van der Waals surface area (Å²) in [5.74, 6) is 4.80. The molecule has 2 rings (SSSR count). The maximum absolute atomic E-state index is 11.4. The molecule has 0 atom stereocenters. The number of hydrazine groups is 1. The van der Waals surface area contributed by atoms with Crippen molar-refractivity contribution in [2.24, 2.45) is 5.84 Å². The van der Waals surface area contributed by atoms with Crippen LogP contribution in [0.15, 0.2) is 41.0 Å². The number of benzene rings is 1. The zero-order valence-corrected chi connectivity index (χ0v) is 10.2. The summed E-state index contributed by atoms with van der Waals surface area (Å²) in [7, 11) is 0. The Balaban J connectivity index is 2.09. The zero-order valence-electron chi connectivity index (χ0n) is 10.2. The van der Waals surface area contributed by atoms with Gasteiger partial charge in [0.25, 0.3) is 5.69 Å². The van der Waals surface area contributed by atoms with Crippen molar-refractivity contribution in [2.45, 2.75) is 6.61 Å². The summed E-state index contributed by atoms with van der Waals surface area (Å²) in [6, 6.07) is 7.30. The van der Waals surface area contributed by atoms with E-state index in [9.17, 15) is 14.9 Å². The fraction of sp³-hybridized carbons (Fsp3) is 0.0833. The summed E-state index contributed by atoms with van der Waals surface area (Å²) in [5, 5.41) is 10.6. The first kappa shape index (κ1) is 13.6. The number of hydrogen-bond donors (Lipinski definition) is 2. The van der Waals surface area contributed by atoms with E-state index in [2.05, 4.69) is 0 Å². The van der Waals surface area contributed by atoms with Crippen molar-refractivity contribution < 1.29 is 18.9 Å². The summed E-state index contributed by atoms with van der Waals surface area (Å²) in [6.45, 7) is 0.0282. The molecule has 2 aromatic rings. The number of rotatable bonds is 5. The molecule has 3 N–H and O–H groups in total. The minimum absolute atomic E-state index is 0.0282. The van der Waals surface area contributed by atoms with Crippen molar-refractivity contribution >= 4 is 11.6 Å². The second-order valence-electron chi connectivity index (χ2n) is 3.79. The molecule has 0 saturated carbocycles. The lowest BCUT2D eigenvalue weighted by atomic mass is 10.2. The number of amides is 1. The monoisotopic (exact) mass is 277 g/mol. The lowest BCUT2D eigenvalue weighted by Crippen LogP contribution is -2.30. The average Bonchev–Trinajstić information content (AvgIpc) is 2.93. The highest BCUT2D eigenvalue weighted by molar-refractivity contribution is 5.92. The second-order valence-corrected chi connectivity index (χ2v) is 3.79. The summed E-state index contributed by atoms with van der Waals surface area (Å²) in [4.78, 5) is 21.5. The molecule has 8 heteroatoms. The van der Waals surface area contributed by atoms with Crippen LogP contribution in [0, 0.1) is 10.1 Å². The Labute approximate surface area is 113 Å². The van der Waals surface area contributed by atoms with Crippen molar-refractivity contribution in [2.75, 3.05) is 0 Å². The van der Waals surface area contributed by atoms with Gasteiger partial charge in [0, 0.05) is 11.6 Å². The predicted molar refractivity (Wildman–Crippen MR) is 67.8 cm³/mol. The van der Waals surface area contributed by atoms with Gasteiger partial charge in [0.05, 0.1) is 17.3 Å². The highest BCUT2D eigenvalue weighted by atomic mass is 16.6. The standard InChI is InChI=1S/C12H11N3O5/c13-14-12(16)11-8(4-5-19-11)7-20-10-3-1-2-9(6-10)15(17)18/h1-6H,7,13H2,(H,14,16). The van der Waals surface area contributed by atoms with Crippen LogP contribution in [0.2, 0.25) is 0 Å². The van der Waals surface area contributed by atoms with Gasteiger partial charge in [0.2, 0.25) is 0 Å². The van der Waals surface area contributed by atoms with E-state index in [1.807, 2.05) is 5.43 Å². The fourth-order valence-corrected chi connectivity index (χ4v) is 1.56. The van der Waals surface area contributed by atoms with Crippen LogP contribution in [0.1, 0.15) is 16.1 Å². The van der Waals surface area contributed by atoms with E-state index in [0.29, 0.717) is 11.3 Å². The number of ether oxygens (including phenoxy) is 1. The Bertz CT molecular complexity index is 638. The van der Waals surface area contributed by atoms with Crippen LogP contribution in [-0.2, 0) is 6.61 Å². The number of carbonyl (C=O) groups excluding carboxylic acids is 1. The van der Waals surface area contributed by atoms with Gasteiger partial charge in [-0.05, 0) is 12.1 Å². The average molecular weight is 277 g/mol. The number of nitrogens with two attached hydrogens (primary N) is 1. The van der Waals surface area contributed by atoms with Crippen molar-refractivity contribution in [1.29, 1.82) is 0 Å². The number of nitrogen functional groups attached to an aromatic ring is 1. The first-order valence-electron chi connectivity index (χ1n) is 5.56. The van der Waals surface area contributed by atoms with Gasteiger partial charge in [-0.25, -0.2) is 5.84 Å². The van der Waals surface area contributed by atoms with Crippen LogP contribution in [-0.4, -0.2) is 10.8 Å². The molecular formula is C12H11N3O5. The van der Waals surface area contributed by atoms with Gasteiger partial charge < -0.3 is 9.15 Å². The minimum Gasteiger partial charge on any atom is -0.488 e. The van der Waals surface area contributed by atoms with Gasteiger partial charge in [-0.15, -0.1) is 0 Å². The topological polar surface area (TPSA) is 121 Å². The molecule has 0 fully saturated rings. The van der Waals surface area contributed by atoms with Gasteiger partial charge in [-0.2, -0.15) is 0 Å². The van der Waals surface area contributed by atoms with Gasteiger partial charge in [0.15, 0.2) is 5.76 Å². The Morgan fingerprint density at radius 2 is 2.25 bits per heavy atom. The Kier molecular flexibility index (Phi) is 3.96. The van der Waals surface area contributed by atoms with E-state index < -0.39 is 10.8 Å². The highest BCUT2D eigenvalue weighted by Gasteiger charge is 2.15. The molecule has 0 bridgehead atoms. The first-order valence-corrected chi connectivity index (χ1v) is 5.56. The van der Waals surface area contributed by atoms with Gasteiger partial charge in [0.1, 0.15) is 12.4 Å². The smallest absolute Gasteiger partial charge is 0.301 e. The van der Waals surface area contributed by atoms with Crippen molar-refractivity contribution in [1.82, 2.24) is 5.43 Å². The van der Waals surface area contributed by atoms with E-state index in [1.165, 1.54) is 24.5 Å². The number of non-ortho nitro benzene ring substituents is 1. The van der Waals surface area contributed by atoms with Crippen LogP contribution in [0.25, 0.3) is 0 Å². The van der Waals surface area contributed by atoms with Gasteiger partial charge >= 0.3 is 5.91 Å². The molecule has 0 aliphatic rings. The number of furan rings is 1. The van der Waals surface area contributed by atoms with Crippen LogP contribution in [0.5, 0.6) is 5.75 Å². The summed E-state index contributed by atoms with van der Waals surface area (Å²) < 4.78 is 10.4. The normalized spacial score (nSPS) is 10.1. The molecule has 0 radical (unpaired) electrons. The van der Waals surface area contributed by atoms with E-state index in [0.717, 1.165) is 0 Å². The predicted octanol–water partition coefficient (Wildman–Crippen LogP) is 1.37. The van der Waals surface area contributed by atoms with Gasteiger partial charge in [-0.3, -0.25) is 20.3 Å². The number of hydrogen-bond acceptors (Lipinski definition) is 6. The molecule has 0 unspecified atom stereocenters. The molecule has 0 spiro atoms. The third-order valence-electron chi connectivity index (χ3n) is 2.51. The minimum atomic E-state index is -0.576. The summed E-state index contributed by atoms with van der Waals surface area (Å²) >= 11 is 0. The lowest BCUT2D eigenvalue weighted by Gasteiger charge is -2.05. The number of carbonyl (C=O) groups is 1. The van der Waals surface area contributed by atoms with Crippen molar-refractivity contribution in [3.05, 3.63) is 58.0 Å². The SMILES string of the molecule is NNC(=O)c1occc1COc1cccc([N+](=O)[O-])c1. The molecule has 0 aliphatic carbocycles. The fourth-order valence-electron chi connectivity index (χ4n) is 1.56. The Morgan fingerprint density at radius 1 is 1.45 bits per heavy atom. The quantitative estimate of drug-likeness (QED) is 0.368. The van der Waals surface area contributed by atoms with Gasteiger partial charge in [-0.1, -0.05) is 6.07 Å². The lowest BCUT2D eigenvalue weighted by molar-refractivity contribution is -0.384. The molecule has 1 aromatic carbocycles. The van der Waals surface area contributed by atoms with Crippen molar-refractivity contribution in [3.63, 3.8) is 0 Å². The largest absolute Gasteiger partial charge is 0.488 e. The van der Waals surface area contributed by atoms with Crippen LogP contribution < -0.4 is 16.0 Å². The molecular weight excluding hydrogens is 266 g/mol. The third kappa shape index (κ3) is 2.93. The number of nitro benzene ring substituents is 1. The Hall–Kier alpha value is -2.87. The Morgan fingerprint density at radius 3 is 2.95 bits per heavy atom.